The van der Waals surface area contributed by atoms with E-state index in [1.807, 2.05) is 6.07 Å². The molecule has 2 rings (SSSR count). The van der Waals surface area contributed by atoms with Gasteiger partial charge in [-0.05, 0) is 53.9 Å². The van der Waals surface area contributed by atoms with E-state index in [-0.39, 0.29) is 0 Å². The summed E-state index contributed by atoms with van der Waals surface area (Å²) in [4.78, 5) is 0. The maximum atomic E-state index is 5.40. The zero-order valence-corrected chi connectivity index (χ0v) is 12.5. The molecule has 18 heavy (non-hydrogen) atoms. The third kappa shape index (κ3) is 3.03. The van der Waals surface area contributed by atoms with Crippen LogP contribution in [0, 0.1) is 13.8 Å². The molecule has 0 aliphatic carbocycles. The molecule has 1 aromatic carbocycles. The first-order chi connectivity index (χ1) is 8.58. The Kier molecular flexibility index (Phi) is 4.25. The molecule has 0 saturated carbocycles. The fraction of sp³-hybridized carbons (Fsp3) is 0.333. The summed E-state index contributed by atoms with van der Waals surface area (Å²) in [5, 5.41) is 3.49. The molecule has 2 nitrogen and oxygen atoms in total. The van der Waals surface area contributed by atoms with Crippen molar-refractivity contribution in [3.63, 3.8) is 0 Å². The van der Waals surface area contributed by atoms with Crippen molar-refractivity contribution in [1.82, 2.24) is 5.32 Å². The largest absolute Gasteiger partial charge is 0.467 e. The van der Waals surface area contributed by atoms with Crippen LogP contribution in [0.1, 0.15) is 35.4 Å². The Morgan fingerprint density at radius 2 is 2.06 bits per heavy atom. The maximum Gasteiger partial charge on any atom is 0.131 e. The van der Waals surface area contributed by atoms with Crippen molar-refractivity contribution in [2.24, 2.45) is 0 Å². The molecule has 0 radical (unpaired) electrons. The monoisotopic (exact) mass is 307 g/mol. The number of nitrogens with one attached hydrogen (secondary N) is 1. The molecule has 96 valence electrons. The molecule has 0 amide bonds. The highest BCUT2D eigenvalue weighted by Gasteiger charge is 2.10. The van der Waals surface area contributed by atoms with Crippen LogP contribution in [-0.4, -0.2) is 0 Å². The number of hydrogen-bond acceptors (Lipinski definition) is 2. The fourth-order valence-corrected chi connectivity index (χ4v) is 2.37. The lowest BCUT2D eigenvalue weighted by Crippen LogP contribution is -2.18. The van der Waals surface area contributed by atoms with Gasteiger partial charge in [0, 0.05) is 6.04 Å². The van der Waals surface area contributed by atoms with Crippen LogP contribution in [0.15, 0.2) is 39.4 Å². The van der Waals surface area contributed by atoms with Crippen LogP contribution in [0.3, 0.4) is 0 Å². The number of aryl methyl sites for hydroxylation is 2. The second-order valence-electron chi connectivity index (χ2n) is 4.65. The lowest BCUT2D eigenvalue weighted by Gasteiger charge is -2.16. The molecule has 0 bridgehead atoms. The number of hydrogen-bond donors (Lipinski definition) is 1. The standard InChI is InChI=1S/C15H18BrNO/c1-10-4-5-11(2)13(8-10)12(3)17-9-15-14(16)6-7-18-15/h4-8,12,17H,9H2,1-3H3. The van der Waals surface area contributed by atoms with Crippen molar-refractivity contribution in [3.05, 3.63) is 57.5 Å². The molecule has 0 saturated heterocycles. The molecule has 1 N–H and O–H groups in total. The van der Waals surface area contributed by atoms with Gasteiger partial charge in [0.25, 0.3) is 0 Å². The lowest BCUT2D eigenvalue weighted by molar-refractivity contribution is 0.458. The average Bonchev–Trinajstić information content (AvgIpc) is 2.75. The molecule has 0 fully saturated rings. The zero-order chi connectivity index (χ0) is 13.1. The highest BCUT2D eigenvalue weighted by atomic mass is 79.9. The van der Waals surface area contributed by atoms with Crippen molar-refractivity contribution >= 4 is 15.9 Å². The number of rotatable bonds is 4. The van der Waals surface area contributed by atoms with Gasteiger partial charge in [-0.3, -0.25) is 0 Å². The van der Waals surface area contributed by atoms with Crippen LogP contribution < -0.4 is 5.32 Å². The van der Waals surface area contributed by atoms with Crippen LogP contribution in [0.2, 0.25) is 0 Å². The summed E-state index contributed by atoms with van der Waals surface area (Å²) in [6, 6.07) is 8.78. The van der Waals surface area contributed by atoms with Gasteiger partial charge in [-0.25, -0.2) is 0 Å². The Morgan fingerprint density at radius 1 is 1.28 bits per heavy atom. The van der Waals surface area contributed by atoms with Crippen molar-refractivity contribution in [1.29, 1.82) is 0 Å². The molecular formula is C15H18BrNO. The molecule has 0 spiro atoms. The van der Waals surface area contributed by atoms with Crippen LogP contribution in [0.4, 0.5) is 0 Å². The summed E-state index contributed by atoms with van der Waals surface area (Å²) in [7, 11) is 0. The third-order valence-corrected chi connectivity index (χ3v) is 3.87. The molecule has 0 aliphatic rings. The first kappa shape index (κ1) is 13.4. The number of benzene rings is 1. The Labute approximate surface area is 117 Å². The predicted octanol–water partition coefficient (Wildman–Crippen LogP) is 4.51. The van der Waals surface area contributed by atoms with Crippen molar-refractivity contribution in [2.75, 3.05) is 0 Å². The summed E-state index contributed by atoms with van der Waals surface area (Å²) in [5.41, 5.74) is 3.96. The van der Waals surface area contributed by atoms with E-state index < -0.39 is 0 Å². The topological polar surface area (TPSA) is 25.2 Å². The zero-order valence-electron chi connectivity index (χ0n) is 11.0. The van der Waals surface area contributed by atoms with Crippen LogP contribution >= 0.6 is 15.9 Å². The second-order valence-corrected chi connectivity index (χ2v) is 5.51. The molecule has 3 heteroatoms. The van der Waals surface area contributed by atoms with Crippen molar-refractivity contribution in [3.8, 4) is 0 Å². The minimum atomic E-state index is 0.307. The van der Waals surface area contributed by atoms with E-state index in [0.29, 0.717) is 6.04 Å². The minimum Gasteiger partial charge on any atom is -0.467 e. The quantitative estimate of drug-likeness (QED) is 0.899. The van der Waals surface area contributed by atoms with Gasteiger partial charge in [-0.1, -0.05) is 23.8 Å². The summed E-state index contributed by atoms with van der Waals surface area (Å²) < 4.78 is 6.41. The SMILES string of the molecule is Cc1ccc(C)c(C(C)NCc2occc2Br)c1. The molecule has 2 aromatic rings. The Bertz CT molecular complexity index is 533. The molecule has 1 atom stereocenters. The van der Waals surface area contributed by atoms with E-state index in [2.05, 4.69) is 60.2 Å². The van der Waals surface area contributed by atoms with E-state index in [0.717, 1.165) is 16.8 Å². The van der Waals surface area contributed by atoms with E-state index in [9.17, 15) is 0 Å². The van der Waals surface area contributed by atoms with Crippen molar-refractivity contribution < 1.29 is 4.42 Å². The van der Waals surface area contributed by atoms with Gasteiger partial charge in [0.05, 0.1) is 17.3 Å². The third-order valence-electron chi connectivity index (χ3n) is 3.16. The Hall–Kier alpha value is -1.06. The van der Waals surface area contributed by atoms with Gasteiger partial charge in [0.2, 0.25) is 0 Å². The van der Waals surface area contributed by atoms with Gasteiger partial charge in [0.1, 0.15) is 5.76 Å². The average molecular weight is 308 g/mol. The van der Waals surface area contributed by atoms with E-state index >= 15 is 0 Å². The molecule has 0 aliphatic heterocycles. The lowest BCUT2D eigenvalue weighted by atomic mass is 10.00. The molecular weight excluding hydrogens is 290 g/mol. The summed E-state index contributed by atoms with van der Waals surface area (Å²) in [5.74, 6) is 0.937. The van der Waals surface area contributed by atoms with Gasteiger partial charge in [-0.15, -0.1) is 0 Å². The number of furan rings is 1. The summed E-state index contributed by atoms with van der Waals surface area (Å²) >= 11 is 3.46. The van der Waals surface area contributed by atoms with Crippen LogP contribution in [0.25, 0.3) is 0 Å². The highest BCUT2D eigenvalue weighted by Crippen LogP contribution is 2.21. The maximum absolute atomic E-state index is 5.40. The Balaban J connectivity index is 2.06. The normalized spacial score (nSPS) is 12.7. The van der Waals surface area contributed by atoms with Gasteiger partial charge in [0.15, 0.2) is 0 Å². The first-order valence-corrected chi connectivity index (χ1v) is 6.89. The minimum absolute atomic E-state index is 0.307. The van der Waals surface area contributed by atoms with Crippen LogP contribution in [-0.2, 0) is 6.54 Å². The number of halogens is 1. The summed E-state index contributed by atoms with van der Waals surface area (Å²) in [6.07, 6.45) is 1.70. The molecule has 1 heterocycles. The van der Waals surface area contributed by atoms with Gasteiger partial charge < -0.3 is 9.73 Å². The highest BCUT2D eigenvalue weighted by molar-refractivity contribution is 9.10. The first-order valence-electron chi connectivity index (χ1n) is 6.10. The van der Waals surface area contributed by atoms with Crippen molar-refractivity contribution in [2.45, 2.75) is 33.4 Å². The van der Waals surface area contributed by atoms with E-state index in [1.165, 1.54) is 16.7 Å². The van der Waals surface area contributed by atoms with Gasteiger partial charge in [-0.2, -0.15) is 0 Å². The smallest absolute Gasteiger partial charge is 0.131 e. The Morgan fingerprint density at radius 3 is 2.72 bits per heavy atom. The van der Waals surface area contributed by atoms with E-state index in [4.69, 9.17) is 4.42 Å². The molecule has 1 aromatic heterocycles. The second kappa shape index (κ2) is 5.72. The predicted molar refractivity (Wildman–Crippen MR) is 77.6 cm³/mol. The van der Waals surface area contributed by atoms with E-state index in [1.54, 1.807) is 6.26 Å². The van der Waals surface area contributed by atoms with Crippen LogP contribution in [0.5, 0.6) is 0 Å². The fourth-order valence-electron chi connectivity index (χ4n) is 2.03. The molecule has 1 unspecified atom stereocenters. The van der Waals surface area contributed by atoms with Gasteiger partial charge >= 0.3 is 0 Å². The summed E-state index contributed by atoms with van der Waals surface area (Å²) in [6.45, 7) is 7.18.